The Morgan fingerprint density at radius 3 is 2.82 bits per heavy atom. The van der Waals surface area contributed by atoms with Crippen LogP contribution in [0.15, 0.2) is 12.7 Å². The highest BCUT2D eigenvalue weighted by Gasteiger charge is 1.99. The van der Waals surface area contributed by atoms with Gasteiger partial charge in [-0.1, -0.05) is 7.43 Å². The Bertz CT molecular complexity index is 353. The van der Waals surface area contributed by atoms with E-state index < -0.39 is 0 Å². The van der Waals surface area contributed by atoms with Gasteiger partial charge in [-0.3, -0.25) is 0 Å². The largest absolute Gasteiger partial charge is 0.382 e. The van der Waals surface area contributed by atoms with Gasteiger partial charge in [0.1, 0.15) is 11.8 Å². The molecule has 5 nitrogen and oxygen atoms in total. The molecule has 0 aliphatic carbocycles. The van der Waals surface area contributed by atoms with Crippen LogP contribution in [-0.2, 0) is 0 Å². The number of hydrogen-bond acceptors (Lipinski definition) is 4. The first-order chi connectivity index (χ1) is 4.88. The van der Waals surface area contributed by atoms with Gasteiger partial charge in [0.15, 0.2) is 11.5 Å². The van der Waals surface area contributed by atoms with E-state index in [0.29, 0.717) is 17.0 Å². The minimum absolute atomic E-state index is 0. The molecule has 0 aliphatic rings. The lowest BCUT2D eigenvalue weighted by Gasteiger charge is -1.88. The molecule has 0 unspecified atom stereocenters. The SMILES string of the molecule is C.Nc1ncnc2[nH]cnc12. The molecule has 0 fully saturated rings. The zero-order valence-corrected chi connectivity index (χ0v) is 5.07. The van der Waals surface area contributed by atoms with Crippen molar-refractivity contribution in [1.29, 1.82) is 0 Å². The van der Waals surface area contributed by atoms with Crippen molar-refractivity contribution in [3.63, 3.8) is 0 Å². The van der Waals surface area contributed by atoms with Crippen molar-refractivity contribution in [3.8, 4) is 0 Å². The van der Waals surface area contributed by atoms with Crippen molar-refractivity contribution in [2.75, 3.05) is 5.73 Å². The summed E-state index contributed by atoms with van der Waals surface area (Å²) in [6.45, 7) is 0. The number of fused-ring (bicyclic) bond motifs is 1. The van der Waals surface area contributed by atoms with Gasteiger partial charge in [0.25, 0.3) is 0 Å². The second-order valence-corrected chi connectivity index (χ2v) is 1.86. The molecule has 0 saturated carbocycles. The summed E-state index contributed by atoms with van der Waals surface area (Å²) < 4.78 is 0. The van der Waals surface area contributed by atoms with Crippen LogP contribution in [0.25, 0.3) is 11.2 Å². The summed E-state index contributed by atoms with van der Waals surface area (Å²) in [5.41, 5.74) is 6.77. The van der Waals surface area contributed by atoms with Crippen molar-refractivity contribution >= 4 is 17.0 Å². The Hall–Kier alpha value is -1.65. The number of nitrogens with one attached hydrogen (secondary N) is 1. The van der Waals surface area contributed by atoms with E-state index in [9.17, 15) is 0 Å². The number of H-pyrrole nitrogens is 1. The molecule has 5 heteroatoms. The molecule has 2 aromatic rings. The first-order valence-corrected chi connectivity index (χ1v) is 2.77. The third-order valence-electron chi connectivity index (χ3n) is 1.25. The van der Waals surface area contributed by atoms with Gasteiger partial charge in [0.05, 0.1) is 6.33 Å². The standard InChI is InChI=1S/C5H5N5.CH4/c6-4-3-5(9-1-7-3)10-2-8-4;/h1-2H,(H3,6,7,8,9,10);1H4. The van der Waals surface area contributed by atoms with Gasteiger partial charge in [-0.25, -0.2) is 15.0 Å². The molecule has 0 amide bonds. The van der Waals surface area contributed by atoms with Crippen LogP contribution in [0.2, 0.25) is 0 Å². The van der Waals surface area contributed by atoms with E-state index in [1.807, 2.05) is 0 Å². The Labute approximate surface area is 63.7 Å². The molecule has 11 heavy (non-hydrogen) atoms. The number of nitrogens with two attached hydrogens (primary N) is 1. The molecule has 0 saturated heterocycles. The van der Waals surface area contributed by atoms with Crippen molar-refractivity contribution < 1.29 is 0 Å². The van der Waals surface area contributed by atoms with E-state index in [-0.39, 0.29) is 7.43 Å². The normalized spacial score (nSPS) is 9.45. The quantitative estimate of drug-likeness (QED) is 0.576. The van der Waals surface area contributed by atoms with Gasteiger partial charge in [0, 0.05) is 0 Å². The van der Waals surface area contributed by atoms with Crippen LogP contribution in [0.3, 0.4) is 0 Å². The molecular weight excluding hydrogens is 142 g/mol. The summed E-state index contributed by atoms with van der Waals surface area (Å²) in [4.78, 5) is 14.4. The number of anilines is 1. The van der Waals surface area contributed by atoms with E-state index in [1.165, 1.54) is 12.7 Å². The first kappa shape index (κ1) is 7.46. The Balaban J connectivity index is 0.000000605. The van der Waals surface area contributed by atoms with E-state index in [4.69, 9.17) is 5.73 Å². The molecular formula is C6H9N5. The lowest BCUT2D eigenvalue weighted by atomic mass is 10.5. The summed E-state index contributed by atoms with van der Waals surface area (Å²) in [6, 6.07) is 0. The molecule has 2 aromatic heterocycles. The minimum atomic E-state index is 0. The highest BCUT2D eigenvalue weighted by atomic mass is 15.0. The maximum absolute atomic E-state index is 5.47. The number of nitrogens with zero attached hydrogens (tertiary/aromatic N) is 3. The van der Waals surface area contributed by atoms with Crippen molar-refractivity contribution in [1.82, 2.24) is 19.9 Å². The van der Waals surface area contributed by atoms with Crippen LogP contribution in [0.5, 0.6) is 0 Å². The van der Waals surface area contributed by atoms with Crippen molar-refractivity contribution in [3.05, 3.63) is 12.7 Å². The molecule has 0 aromatic carbocycles. The Morgan fingerprint density at radius 2 is 2.09 bits per heavy atom. The molecule has 2 rings (SSSR count). The van der Waals surface area contributed by atoms with Crippen LogP contribution in [-0.4, -0.2) is 19.9 Å². The van der Waals surface area contributed by atoms with E-state index in [0.717, 1.165) is 0 Å². The smallest absolute Gasteiger partial charge is 0.162 e. The Kier molecular flexibility index (Phi) is 1.72. The summed E-state index contributed by atoms with van der Waals surface area (Å²) in [5.74, 6) is 0.409. The van der Waals surface area contributed by atoms with Gasteiger partial charge in [-0.15, -0.1) is 0 Å². The molecule has 3 N–H and O–H groups in total. The molecule has 58 valence electrons. The first-order valence-electron chi connectivity index (χ1n) is 2.77. The lowest BCUT2D eigenvalue weighted by molar-refractivity contribution is 1.21. The fourth-order valence-corrected chi connectivity index (χ4v) is 0.783. The van der Waals surface area contributed by atoms with E-state index >= 15 is 0 Å². The summed E-state index contributed by atoms with van der Waals surface area (Å²) in [7, 11) is 0. The number of nitrogen functional groups attached to an aromatic ring is 1. The average molecular weight is 151 g/mol. The zero-order chi connectivity index (χ0) is 6.97. The number of aromatic nitrogens is 4. The summed E-state index contributed by atoms with van der Waals surface area (Å²) >= 11 is 0. The molecule has 2 heterocycles. The molecule has 0 radical (unpaired) electrons. The summed E-state index contributed by atoms with van der Waals surface area (Å²) in [5, 5.41) is 0. The minimum Gasteiger partial charge on any atom is -0.382 e. The van der Waals surface area contributed by atoms with Gasteiger partial charge < -0.3 is 10.7 Å². The maximum Gasteiger partial charge on any atom is 0.162 e. The fourth-order valence-electron chi connectivity index (χ4n) is 0.783. The van der Waals surface area contributed by atoms with Gasteiger partial charge >= 0.3 is 0 Å². The number of rotatable bonds is 0. The third kappa shape index (κ3) is 1.000. The maximum atomic E-state index is 5.47. The highest BCUT2D eigenvalue weighted by Crippen LogP contribution is 2.09. The third-order valence-corrected chi connectivity index (χ3v) is 1.25. The molecule has 0 atom stereocenters. The van der Waals surface area contributed by atoms with Gasteiger partial charge in [-0.2, -0.15) is 0 Å². The highest BCUT2D eigenvalue weighted by molar-refractivity contribution is 5.80. The fraction of sp³-hybridized carbons (Fsp3) is 0.167. The second-order valence-electron chi connectivity index (χ2n) is 1.86. The second kappa shape index (κ2) is 2.53. The predicted octanol–water partition coefficient (Wildman–Crippen LogP) is 0.571. The number of aromatic amines is 1. The number of imidazole rings is 1. The lowest BCUT2D eigenvalue weighted by Crippen LogP contribution is -1.91. The van der Waals surface area contributed by atoms with E-state index in [1.54, 1.807) is 0 Å². The van der Waals surface area contributed by atoms with Crippen LogP contribution in [0.1, 0.15) is 7.43 Å². The van der Waals surface area contributed by atoms with Crippen molar-refractivity contribution in [2.45, 2.75) is 7.43 Å². The Morgan fingerprint density at radius 1 is 1.27 bits per heavy atom. The van der Waals surface area contributed by atoms with Crippen molar-refractivity contribution in [2.24, 2.45) is 0 Å². The van der Waals surface area contributed by atoms with Crippen LogP contribution < -0.4 is 5.73 Å². The van der Waals surface area contributed by atoms with Crippen LogP contribution >= 0.6 is 0 Å². The summed E-state index contributed by atoms with van der Waals surface area (Å²) in [6.07, 6.45) is 2.94. The zero-order valence-electron chi connectivity index (χ0n) is 5.07. The molecule has 0 bridgehead atoms. The van der Waals surface area contributed by atoms with Crippen LogP contribution in [0, 0.1) is 0 Å². The predicted molar refractivity (Wildman–Crippen MR) is 42.8 cm³/mol. The monoisotopic (exact) mass is 151 g/mol. The van der Waals surface area contributed by atoms with Gasteiger partial charge in [-0.05, 0) is 0 Å². The molecule has 0 aliphatic heterocycles. The van der Waals surface area contributed by atoms with Gasteiger partial charge in [0.2, 0.25) is 0 Å². The molecule has 0 spiro atoms. The number of hydrogen-bond donors (Lipinski definition) is 2. The van der Waals surface area contributed by atoms with E-state index in [2.05, 4.69) is 19.9 Å². The average Bonchev–Trinajstić information content (AvgIpc) is 2.36. The topological polar surface area (TPSA) is 80.5 Å². The van der Waals surface area contributed by atoms with Crippen LogP contribution in [0.4, 0.5) is 5.82 Å².